The number of carbonyl (C=O) groups is 1. The van der Waals surface area contributed by atoms with E-state index >= 15 is 0 Å². The summed E-state index contributed by atoms with van der Waals surface area (Å²) in [6, 6.07) is 10.0. The second kappa shape index (κ2) is 8.07. The highest BCUT2D eigenvalue weighted by Gasteiger charge is 2.53. The summed E-state index contributed by atoms with van der Waals surface area (Å²) in [5.74, 6) is 1.62. The van der Waals surface area contributed by atoms with Crippen molar-refractivity contribution in [3.05, 3.63) is 52.6 Å². The molecule has 0 spiro atoms. The standard InChI is InChI=1S/C22H29N7O2/c1-14-10-28(9-7-24-14)21(30)25-19-6-8-29(22(31)26-19)16-4-2-15(3-5-16)11-27-12-17-18(13-27)20(17)23/h2-6,8,14,17-18,20,24H,7,9-13,23H2,1H3,(H,25,26,30,31)/t14-,17-,18+,20?/m1/s1. The number of benzene rings is 1. The topological polar surface area (TPSA) is 109 Å². The van der Waals surface area contributed by atoms with Crippen LogP contribution in [0.4, 0.5) is 10.6 Å². The zero-order chi connectivity index (χ0) is 21.5. The molecule has 9 heteroatoms. The van der Waals surface area contributed by atoms with Crippen LogP contribution in [0.5, 0.6) is 0 Å². The van der Waals surface area contributed by atoms with Crippen LogP contribution in [0, 0.1) is 11.8 Å². The van der Waals surface area contributed by atoms with Gasteiger partial charge in [0.2, 0.25) is 0 Å². The SMILES string of the molecule is C[C@@H]1CN(C(=O)Nc2ccn(-c3ccc(CN4C[C@@H]5C(N)[C@@H]5C4)cc3)c(=O)n2)CCN1. The number of hydrogen-bond donors (Lipinski definition) is 3. The number of hydrogen-bond acceptors (Lipinski definition) is 6. The Kier molecular flexibility index (Phi) is 5.25. The average molecular weight is 424 g/mol. The number of amides is 2. The van der Waals surface area contributed by atoms with E-state index in [4.69, 9.17) is 5.73 Å². The van der Waals surface area contributed by atoms with Gasteiger partial charge in [-0.05, 0) is 42.5 Å². The third kappa shape index (κ3) is 4.21. The van der Waals surface area contributed by atoms with Gasteiger partial charge < -0.3 is 16.0 Å². The first-order valence-electron chi connectivity index (χ1n) is 10.9. The minimum atomic E-state index is -0.423. The highest BCUT2D eigenvalue weighted by molar-refractivity contribution is 5.88. The number of fused-ring (bicyclic) bond motifs is 1. The predicted octanol–water partition coefficient (Wildman–Crippen LogP) is 0.447. The summed E-state index contributed by atoms with van der Waals surface area (Å²) in [6.07, 6.45) is 1.65. The summed E-state index contributed by atoms with van der Waals surface area (Å²) in [7, 11) is 0. The molecule has 0 radical (unpaired) electrons. The predicted molar refractivity (Wildman–Crippen MR) is 118 cm³/mol. The molecule has 2 saturated heterocycles. The number of piperidine rings is 1. The number of aromatic nitrogens is 2. The van der Waals surface area contributed by atoms with Crippen molar-refractivity contribution in [2.45, 2.75) is 25.6 Å². The molecule has 1 aliphatic carbocycles. The van der Waals surface area contributed by atoms with E-state index in [0.717, 1.165) is 31.9 Å². The van der Waals surface area contributed by atoms with E-state index in [1.807, 2.05) is 31.2 Å². The van der Waals surface area contributed by atoms with Crippen LogP contribution in [0.3, 0.4) is 0 Å². The summed E-state index contributed by atoms with van der Waals surface area (Å²) in [4.78, 5) is 33.2. The second-order valence-electron chi connectivity index (χ2n) is 8.96. The van der Waals surface area contributed by atoms with Crippen LogP contribution in [0.2, 0.25) is 0 Å². The number of rotatable bonds is 4. The molecule has 4 atom stereocenters. The summed E-state index contributed by atoms with van der Waals surface area (Å²) in [5.41, 5.74) is 7.56. The van der Waals surface area contributed by atoms with E-state index in [1.54, 1.807) is 17.2 Å². The lowest BCUT2D eigenvalue weighted by Gasteiger charge is -2.31. The highest BCUT2D eigenvalue weighted by Crippen LogP contribution is 2.44. The lowest BCUT2D eigenvalue weighted by Crippen LogP contribution is -2.52. The Morgan fingerprint density at radius 2 is 1.94 bits per heavy atom. The van der Waals surface area contributed by atoms with Gasteiger partial charge in [0.1, 0.15) is 5.82 Å². The maximum absolute atomic E-state index is 12.5. The first kappa shape index (κ1) is 20.2. The quantitative estimate of drug-likeness (QED) is 0.659. The molecule has 4 N–H and O–H groups in total. The summed E-state index contributed by atoms with van der Waals surface area (Å²) < 4.78 is 1.48. The zero-order valence-corrected chi connectivity index (χ0v) is 17.7. The maximum Gasteiger partial charge on any atom is 0.354 e. The fraction of sp³-hybridized carbons (Fsp3) is 0.500. The van der Waals surface area contributed by atoms with Crippen molar-refractivity contribution < 1.29 is 4.79 Å². The Bertz CT molecular complexity index is 1010. The van der Waals surface area contributed by atoms with Crippen molar-refractivity contribution in [2.75, 3.05) is 38.0 Å². The monoisotopic (exact) mass is 423 g/mol. The third-order valence-corrected chi connectivity index (χ3v) is 6.65. The number of nitrogens with two attached hydrogens (primary N) is 1. The molecule has 164 valence electrons. The Balaban J connectivity index is 1.21. The summed E-state index contributed by atoms with van der Waals surface area (Å²) in [6.45, 7) is 7.11. The van der Waals surface area contributed by atoms with Crippen LogP contribution in [-0.2, 0) is 6.54 Å². The fourth-order valence-electron chi connectivity index (χ4n) is 4.78. The molecule has 3 fully saturated rings. The molecule has 31 heavy (non-hydrogen) atoms. The van der Waals surface area contributed by atoms with Crippen molar-refractivity contribution in [1.29, 1.82) is 0 Å². The molecular weight excluding hydrogens is 394 g/mol. The van der Waals surface area contributed by atoms with Crippen LogP contribution in [0.25, 0.3) is 5.69 Å². The largest absolute Gasteiger partial charge is 0.354 e. The van der Waals surface area contributed by atoms with Gasteiger partial charge in [-0.3, -0.25) is 14.8 Å². The molecule has 3 aliphatic rings. The van der Waals surface area contributed by atoms with Crippen molar-refractivity contribution in [1.82, 2.24) is 24.7 Å². The molecule has 2 aromatic rings. The van der Waals surface area contributed by atoms with Crippen molar-refractivity contribution in [2.24, 2.45) is 17.6 Å². The van der Waals surface area contributed by atoms with E-state index in [1.165, 1.54) is 10.1 Å². The van der Waals surface area contributed by atoms with Gasteiger partial charge in [-0.1, -0.05) is 12.1 Å². The van der Waals surface area contributed by atoms with Gasteiger partial charge in [-0.25, -0.2) is 9.59 Å². The van der Waals surface area contributed by atoms with Crippen LogP contribution in [0.1, 0.15) is 12.5 Å². The van der Waals surface area contributed by atoms with Gasteiger partial charge in [0, 0.05) is 57.5 Å². The van der Waals surface area contributed by atoms with Gasteiger partial charge in [-0.2, -0.15) is 4.98 Å². The van der Waals surface area contributed by atoms with E-state index < -0.39 is 5.69 Å². The molecule has 5 rings (SSSR count). The van der Waals surface area contributed by atoms with Gasteiger partial charge in [0.05, 0.1) is 5.69 Å². The van der Waals surface area contributed by atoms with E-state index in [0.29, 0.717) is 31.0 Å². The van der Waals surface area contributed by atoms with Crippen LogP contribution in [0.15, 0.2) is 41.3 Å². The van der Waals surface area contributed by atoms with Gasteiger partial charge in [0.25, 0.3) is 0 Å². The van der Waals surface area contributed by atoms with E-state index in [2.05, 4.69) is 20.5 Å². The molecule has 0 bridgehead atoms. The third-order valence-electron chi connectivity index (χ3n) is 6.65. The van der Waals surface area contributed by atoms with Crippen LogP contribution < -0.4 is 22.1 Å². The Morgan fingerprint density at radius 1 is 1.19 bits per heavy atom. The molecule has 3 heterocycles. The Morgan fingerprint density at radius 3 is 2.61 bits per heavy atom. The number of anilines is 1. The number of carbonyl (C=O) groups excluding carboxylic acids is 1. The van der Waals surface area contributed by atoms with E-state index in [-0.39, 0.29) is 17.9 Å². The molecule has 2 aliphatic heterocycles. The summed E-state index contributed by atoms with van der Waals surface area (Å²) >= 11 is 0. The van der Waals surface area contributed by atoms with Gasteiger partial charge in [-0.15, -0.1) is 0 Å². The highest BCUT2D eigenvalue weighted by atomic mass is 16.2. The van der Waals surface area contributed by atoms with Crippen LogP contribution in [-0.4, -0.2) is 70.2 Å². The first-order chi connectivity index (χ1) is 15.0. The minimum absolute atomic E-state index is 0.233. The number of nitrogens with zero attached hydrogens (tertiary/aromatic N) is 4. The molecule has 9 nitrogen and oxygen atoms in total. The fourth-order valence-corrected chi connectivity index (χ4v) is 4.78. The average Bonchev–Trinajstić information content (AvgIpc) is 3.15. The lowest BCUT2D eigenvalue weighted by atomic mass is 10.2. The molecule has 1 aromatic heterocycles. The smallest absolute Gasteiger partial charge is 0.327 e. The van der Waals surface area contributed by atoms with Gasteiger partial charge in [0.15, 0.2) is 0 Å². The van der Waals surface area contributed by atoms with Crippen LogP contribution >= 0.6 is 0 Å². The van der Waals surface area contributed by atoms with Crippen molar-refractivity contribution >= 4 is 11.8 Å². The number of piperazine rings is 1. The number of likely N-dealkylation sites (tertiary alicyclic amines) is 1. The molecular formula is C22H29N7O2. The number of nitrogens with one attached hydrogen (secondary N) is 2. The Hall–Kier alpha value is -2.75. The number of urea groups is 1. The van der Waals surface area contributed by atoms with E-state index in [9.17, 15) is 9.59 Å². The summed E-state index contributed by atoms with van der Waals surface area (Å²) in [5, 5.41) is 6.03. The lowest BCUT2D eigenvalue weighted by molar-refractivity contribution is 0.192. The minimum Gasteiger partial charge on any atom is -0.327 e. The van der Waals surface area contributed by atoms with Gasteiger partial charge >= 0.3 is 11.7 Å². The molecule has 1 saturated carbocycles. The molecule has 2 amide bonds. The van der Waals surface area contributed by atoms with Crippen molar-refractivity contribution in [3.63, 3.8) is 0 Å². The first-order valence-corrected chi connectivity index (χ1v) is 10.9. The maximum atomic E-state index is 12.5. The van der Waals surface area contributed by atoms with Crippen molar-refractivity contribution in [3.8, 4) is 5.69 Å². The zero-order valence-electron chi connectivity index (χ0n) is 17.7. The normalized spacial score (nSPS) is 27.7. The molecule has 1 unspecified atom stereocenters. The second-order valence-corrected chi connectivity index (χ2v) is 8.96. The molecule has 1 aromatic carbocycles. The Labute approximate surface area is 181 Å².